The molecule has 84 heavy (non-hydrogen) atoms. The number of aromatic nitrogens is 10. The molecule has 2 saturated heterocycles. The zero-order chi connectivity index (χ0) is 59.5. The molecule has 0 atom stereocenters. The van der Waals surface area contributed by atoms with Crippen LogP contribution in [0.25, 0.3) is 33.8 Å². The van der Waals surface area contributed by atoms with E-state index in [-0.39, 0.29) is 11.9 Å². The minimum Gasteiger partial charge on any atom is -0.462 e. The number of esters is 1. The Labute approximate surface area is 502 Å². The Kier molecular flexibility index (Phi) is 21.0. The molecule has 1 amide bonds. The number of rotatable bonds is 25. The van der Waals surface area contributed by atoms with Gasteiger partial charge in [0.05, 0.1) is 95.5 Å². The van der Waals surface area contributed by atoms with E-state index in [1.54, 1.807) is 0 Å². The average molecular weight is 1220 g/mol. The van der Waals surface area contributed by atoms with Crippen molar-refractivity contribution in [3.8, 4) is 22.5 Å². The Morgan fingerprint density at radius 2 is 1.07 bits per heavy atom. The molecular formula is C58H83N15O7S2Si2. The van der Waals surface area contributed by atoms with Crippen LogP contribution in [0.15, 0.2) is 61.7 Å². The molecule has 0 bridgehead atoms. The Morgan fingerprint density at radius 3 is 1.50 bits per heavy atom. The van der Waals surface area contributed by atoms with Gasteiger partial charge in [-0.1, -0.05) is 39.3 Å². The summed E-state index contributed by atoms with van der Waals surface area (Å²) in [5, 5.41) is 17.6. The number of ether oxygens (including phenoxy) is 5. The van der Waals surface area contributed by atoms with Crippen molar-refractivity contribution >= 4 is 83.6 Å². The number of nitrogens with one attached hydrogen (secondary N) is 2. The third kappa shape index (κ3) is 16.4. The van der Waals surface area contributed by atoms with Crippen LogP contribution in [-0.4, -0.2) is 177 Å². The molecule has 8 aromatic heterocycles. The predicted molar refractivity (Wildman–Crippen MR) is 337 cm³/mol. The highest BCUT2D eigenvalue weighted by molar-refractivity contribution is 7.18. The summed E-state index contributed by atoms with van der Waals surface area (Å²) in [7, 11) is -2.27. The molecule has 2 fully saturated rings. The summed E-state index contributed by atoms with van der Waals surface area (Å²) >= 11 is 2.86. The Morgan fingerprint density at radius 1 is 0.631 bits per heavy atom. The van der Waals surface area contributed by atoms with Gasteiger partial charge in [-0.05, 0) is 70.0 Å². The van der Waals surface area contributed by atoms with Gasteiger partial charge in [-0.3, -0.25) is 23.4 Å². The number of fused-ring (bicyclic) bond motifs is 2. The summed E-state index contributed by atoms with van der Waals surface area (Å²) in [5.41, 5.74) is 8.76. The first-order chi connectivity index (χ1) is 40.3. The molecule has 0 saturated carbocycles. The molecule has 22 nitrogen and oxygen atoms in total. The van der Waals surface area contributed by atoms with Crippen LogP contribution in [0.5, 0.6) is 0 Å². The van der Waals surface area contributed by atoms with Crippen LogP contribution in [0.4, 0.5) is 21.6 Å². The standard InChI is InChI=1S/C30H44N8O3SSi.C28H39N7O4SSi/c1-7-36(8-2)30(39)27-23(19-35-9-11-40-12-10-35)15-26(42-27)34-28-29-31-17-25(38(29)18-22(3)33-28)24-16-32-37(20-24)21-41-13-14-43(4,5)6;1-6-39-28(36)25-21(17-33-7-9-37-10-8-33)13-24(40-25)32-26-27-29-15-23(35(27)16-20(2)31-26)22-14-30-34(18-22)19-38-11-12-41(3,4)5/h15-18,20H,7-14,19,21H2,1-6H3,(H,33,34);13-16,18H,6-12,17,19H2,1-5H3,(H,31,32). The molecule has 26 heteroatoms. The third-order valence-electron chi connectivity index (χ3n) is 14.3. The number of nitrogens with zero attached hydrogens (tertiary/aromatic N) is 13. The van der Waals surface area contributed by atoms with E-state index in [0.29, 0.717) is 100 Å². The monoisotopic (exact) mass is 1220 g/mol. The van der Waals surface area contributed by atoms with Crippen LogP contribution in [0.3, 0.4) is 0 Å². The van der Waals surface area contributed by atoms with Crippen molar-refractivity contribution in [1.29, 1.82) is 0 Å². The summed E-state index contributed by atoms with van der Waals surface area (Å²) < 4.78 is 35.8. The fraction of sp³-hybridized carbons (Fsp3) is 0.517. The average Bonchev–Trinajstić information content (AvgIpc) is 4.06. The number of anilines is 4. The molecule has 0 unspecified atom stereocenters. The van der Waals surface area contributed by atoms with Crippen molar-refractivity contribution < 1.29 is 33.3 Å². The highest BCUT2D eigenvalue weighted by atomic mass is 32.1. The molecule has 2 aliphatic rings. The number of carbonyl (C=O) groups excluding carboxylic acids is 2. The Bertz CT molecular complexity index is 3470. The molecule has 0 radical (unpaired) electrons. The number of imidazole rings is 2. The van der Waals surface area contributed by atoms with Gasteiger partial charge in [0.15, 0.2) is 22.9 Å². The highest BCUT2D eigenvalue weighted by Gasteiger charge is 2.26. The van der Waals surface area contributed by atoms with Crippen molar-refractivity contribution in [1.82, 2.24) is 63.0 Å². The van der Waals surface area contributed by atoms with Gasteiger partial charge in [0.25, 0.3) is 5.91 Å². The summed E-state index contributed by atoms with van der Waals surface area (Å²) in [4.78, 5) is 53.2. The largest absolute Gasteiger partial charge is 0.462 e. The second-order valence-corrected chi connectivity index (χ2v) is 36.9. The number of morpholine rings is 2. The van der Waals surface area contributed by atoms with E-state index >= 15 is 0 Å². The first-order valence-corrected chi connectivity index (χ1v) is 38.2. The lowest BCUT2D eigenvalue weighted by Gasteiger charge is -2.27. The van der Waals surface area contributed by atoms with Gasteiger partial charge in [0.1, 0.15) is 18.3 Å². The summed E-state index contributed by atoms with van der Waals surface area (Å²) in [5.74, 6) is 1.03. The third-order valence-corrected chi connectivity index (χ3v) is 19.9. The van der Waals surface area contributed by atoms with E-state index in [2.05, 4.69) is 76.0 Å². The van der Waals surface area contributed by atoms with Crippen molar-refractivity contribution in [2.75, 3.05) is 96.2 Å². The van der Waals surface area contributed by atoms with Crippen molar-refractivity contribution in [2.24, 2.45) is 0 Å². The topological polar surface area (TPSA) is 210 Å². The van der Waals surface area contributed by atoms with Crippen LogP contribution in [0.2, 0.25) is 51.4 Å². The number of hydrogen-bond acceptors (Lipinski definition) is 19. The molecule has 0 aliphatic carbocycles. The van der Waals surface area contributed by atoms with Crippen LogP contribution in [-0.2, 0) is 50.2 Å². The maximum Gasteiger partial charge on any atom is 0.348 e. The lowest BCUT2D eigenvalue weighted by Crippen LogP contribution is -2.36. The van der Waals surface area contributed by atoms with Gasteiger partial charge in [-0.25, -0.2) is 34.1 Å². The van der Waals surface area contributed by atoms with Gasteiger partial charge in [-0.2, -0.15) is 10.2 Å². The number of aryl methyl sites for hydroxylation is 2. The molecule has 10 rings (SSSR count). The highest BCUT2D eigenvalue weighted by Crippen LogP contribution is 2.36. The molecule has 0 spiro atoms. The van der Waals surface area contributed by atoms with E-state index in [1.807, 2.05) is 113 Å². The maximum absolute atomic E-state index is 13.5. The van der Waals surface area contributed by atoms with E-state index in [0.717, 1.165) is 111 Å². The van der Waals surface area contributed by atoms with Crippen molar-refractivity contribution in [2.45, 2.75) is 113 Å². The SMILES string of the molecule is CCN(CC)C(=O)c1sc(Nc2nc(C)cn3c(-c4cnn(COCC[Si](C)(C)C)c4)cnc23)cc1CN1CCOCC1.CCOC(=O)c1sc(Nc2nc(C)cn3c(-c4cnn(COCC[Si](C)(C)C)c4)cnc23)cc1CN1CCOCC1. The summed E-state index contributed by atoms with van der Waals surface area (Å²) in [6, 6.07) is 6.35. The van der Waals surface area contributed by atoms with Gasteiger partial charge < -0.3 is 39.2 Å². The molecule has 452 valence electrons. The quantitative estimate of drug-likeness (QED) is 0.0310. The number of amides is 1. The number of hydrogen-bond donors (Lipinski definition) is 2. The lowest BCUT2D eigenvalue weighted by atomic mass is 10.2. The van der Waals surface area contributed by atoms with Gasteiger partial charge in [0.2, 0.25) is 0 Å². The van der Waals surface area contributed by atoms with E-state index < -0.39 is 16.1 Å². The number of thiophene rings is 2. The minimum atomic E-state index is -1.13. The van der Waals surface area contributed by atoms with E-state index in [1.165, 1.54) is 22.7 Å². The van der Waals surface area contributed by atoms with Crippen LogP contribution >= 0.6 is 22.7 Å². The second kappa shape index (κ2) is 28.3. The normalized spacial score (nSPS) is 14.5. The van der Waals surface area contributed by atoms with Crippen LogP contribution in [0.1, 0.15) is 62.6 Å². The summed E-state index contributed by atoms with van der Waals surface area (Å²) in [6.07, 6.45) is 15.3. The van der Waals surface area contributed by atoms with Crippen LogP contribution < -0.4 is 10.6 Å². The lowest BCUT2D eigenvalue weighted by molar-refractivity contribution is 0.0337. The smallest absolute Gasteiger partial charge is 0.348 e. The zero-order valence-corrected chi connectivity index (χ0v) is 54.3. The fourth-order valence-electron chi connectivity index (χ4n) is 9.67. The van der Waals surface area contributed by atoms with Gasteiger partial charge in [-0.15, -0.1) is 22.7 Å². The first-order valence-electron chi connectivity index (χ1n) is 29.1. The molecular weight excluding hydrogens is 1140 g/mol. The second-order valence-electron chi connectivity index (χ2n) is 23.5. The van der Waals surface area contributed by atoms with E-state index in [4.69, 9.17) is 43.6 Å². The zero-order valence-electron chi connectivity index (χ0n) is 50.7. The van der Waals surface area contributed by atoms with Gasteiger partial charge in [0, 0.05) is 118 Å². The molecule has 10 heterocycles. The molecule has 8 aromatic rings. The van der Waals surface area contributed by atoms with Crippen molar-refractivity contribution in [3.05, 3.63) is 94.0 Å². The molecule has 2 N–H and O–H groups in total. The Hall–Kier alpha value is -6.21. The Balaban J connectivity index is 0.000000202. The van der Waals surface area contributed by atoms with Gasteiger partial charge >= 0.3 is 5.97 Å². The fourth-order valence-corrected chi connectivity index (χ4v) is 13.2. The summed E-state index contributed by atoms with van der Waals surface area (Å²) in [6.45, 7) is 35.4. The molecule has 2 aliphatic heterocycles. The van der Waals surface area contributed by atoms with Crippen LogP contribution in [0, 0.1) is 13.8 Å². The number of carbonyl (C=O) groups is 2. The maximum atomic E-state index is 13.5. The van der Waals surface area contributed by atoms with Crippen molar-refractivity contribution in [3.63, 3.8) is 0 Å². The first kappa shape index (κ1) is 62.3. The predicted octanol–water partition coefficient (Wildman–Crippen LogP) is 10.4. The van der Waals surface area contributed by atoms with E-state index in [9.17, 15) is 9.59 Å². The molecule has 0 aromatic carbocycles. The minimum absolute atomic E-state index is 0.0678.